The monoisotopic (exact) mass is 459 g/mol. The van der Waals surface area contributed by atoms with Crippen LogP contribution >= 0.6 is 11.3 Å². The van der Waals surface area contributed by atoms with E-state index in [0.717, 1.165) is 10.4 Å². The van der Waals surface area contributed by atoms with Gasteiger partial charge >= 0.3 is 5.91 Å². The molecule has 2 aromatic carbocycles. The Bertz CT molecular complexity index is 1340. The predicted octanol–water partition coefficient (Wildman–Crippen LogP) is 5.04. The minimum Gasteiger partial charge on any atom is -0.507 e. The molecule has 1 aliphatic heterocycles. The minimum absolute atomic E-state index is 0.0115. The predicted molar refractivity (Wildman–Crippen MR) is 127 cm³/mol. The van der Waals surface area contributed by atoms with Crippen molar-refractivity contribution in [3.8, 4) is 5.75 Å². The minimum atomic E-state index is -0.794. The zero-order chi connectivity index (χ0) is 23.1. The lowest BCUT2D eigenvalue weighted by Crippen LogP contribution is -2.30. The Morgan fingerprint density at radius 1 is 1.09 bits per heavy atom. The van der Waals surface area contributed by atoms with Crippen LogP contribution in [0.3, 0.4) is 0 Å². The Kier molecular flexibility index (Phi) is 5.22. The fourth-order valence-electron chi connectivity index (χ4n) is 3.94. The van der Waals surface area contributed by atoms with Crippen LogP contribution in [0.4, 0.5) is 5.95 Å². The van der Waals surface area contributed by atoms with E-state index in [1.807, 2.05) is 55.6 Å². The molecular formula is C25H21N3O4S. The standard InChI is InChI=1S/C25H21N3O4S/c1-14(2)32-16-11-9-15(10-12-16)22(29)20-21(19-8-5-13-33-19)28(24(31)23(20)30)25-26-17-6-3-4-7-18(17)27-25/h3-14,21,29H,1-2H3,(H,26,27)/b22-20+. The average Bonchev–Trinajstić information content (AvgIpc) is 3.52. The fourth-order valence-corrected chi connectivity index (χ4v) is 4.76. The zero-order valence-electron chi connectivity index (χ0n) is 18.0. The van der Waals surface area contributed by atoms with E-state index in [2.05, 4.69) is 9.97 Å². The third-order valence-electron chi connectivity index (χ3n) is 5.36. The zero-order valence-corrected chi connectivity index (χ0v) is 18.8. The number of H-pyrrole nitrogens is 1. The van der Waals surface area contributed by atoms with E-state index in [1.54, 1.807) is 24.3 Å². The Hall–Kier alpha value is -3.91. The highest BCUT2D eigenvalue weighted by Crippen LogP contribution is 2.43. The molecule has 7 nitrogen and oxygen atoms in total. The molecular weight excluding hydrogens is 438 g/mol. The van der Waals surface area contributed by atoms with Gasteiger partial charge < -0.3 is 14.8 Å². The summed E-state index contributed by atoms with van der Waals surface area (Å²) in [7, 11) is 0. The Morgan fingerprint density at radius 3 is 2.52 bits per heavy atom. The Balaban J connectivity index is 1.63. The maximum absolute atomic E-state index is 13.2. The maximum atomic E-state index is 13.2. The summed E-state index contributed by atoms with van der Waals surface area (Å²) in [6.07, 6.45) is 0.0115. The topological polar surface area (TPSA) is 95.5 Å². The highest BCUT2D eigenvalue weighted by atomic mass is 32.1. The smallest absolute Gasteiger partial charge is 0.302 e. The van der Waals surface area contributed by atoms with Crippen LogP contribution in [0.25, 0.3) is 16.8 Å². The van der Waals surface area contributed by atoms with Crippen molar-refractivity contribution in [1.82, 2.24) is 9.97 Å². The number of ketones is 1. The third-order valence-corrected chi connectivity index (χ3v) is 6.29. The van der Waals surface area contributed by atoms with Gasteiger partial charge in [-0.1, -0.05) is 18.2 Å². The first-order valence-electron chi connectivity index (χ1n) is 10.5. The van der Waals surface area contributed by atoms with E-state index >= 15 is 0 Å². The van der Waals surface area contributed by atoms with E-state index in [1.165, 1.54) is 16.2 Å². The van der Waals surface area contributed by atoms with Crippen molar-refractivity contribution in [2.45, 2.75) is 26.0 Å². The van der Waals surface area contributed by atoms with Gasteiger partial charge in [0.25, 0.3) is 5.78 Å². The SMILES string of the molecule is CC(C)Oc1ccc(/C(O)=C2\C(=O)C(=O)N(c3nc4ccccc4[nH]3)C2c2cccs2)cc1. The summed E-state index contributed by atoms with van der Waals surface area (Å²) in [6.45, 7) is 3.85. The van der Waals surface area contributed by atoms with Gasteiger partial charge in [0, 0.05) is 10.4 Å². The maximum Gasteiger partial charge on any atom is 0.302 e. The van der Waals surface area contributed by atoms with Crippen LogP contribution in [0, 0.1) is 0 Å². The number of hydrogen-bond acceptors (Lipinski definition) is 6. The average molecular weight is 460 g/mol. The van der Waals surface area contributed by atoms with Gasteiger partial charge in [-0.25, -0.2) is 4.98 Å². The molecule has 1 atom stereocenters. The highest BCUT2D eigenvalue weighted by molar-refractivity contribution is 7.10. The molecule has 1 amide bonds. The molecule has 0 spiro atoms. The molecule has 1 aliphatic rings. The van der Waals surface area contributed by atoms with E-state index in [9.17, 15) is 14.7 Å². The molecule has 33 heavy (non-hydrogen) atoms. The van der Waals surface area contributed by atoms with Crippen molar-refractivity contribution in [2.24, 2.45) is 0 Å². The number of aromatic nitrogens is 2. The van der Waals surface area contributed by atoms with Gasteiger partial charge in [-0.2, -0.15) is 0 Å². The Labute approximate surface area is 194 Å². The molecule has 1 fully saturated rings. The molecule has 2 aromatic heterocycles. The molecule has 3 heterocycles. The van der Waals surface area contributed by atoms with E-state index in [0.29, 0.717) is 16.8 Å². The van der Waals surface area contributed by atoms with Gasteiger partial charge in [-0.3, -0.25) is 14.5 Å². The van der Waals surface area contributed by atoms with Gasteiger partial charge in [-0.15, -0.1) is 11.3 Å². The van der Waals surface area contributed by atoms with Gasteiger partial charge in [0.15, 0.2) is 0 Å². The number of para-hydroxylation sites is 2. The molecule has 2 N–H and O–H groups in total. The van der Waals surface area contributed by atoms with Crippen LogP contribution < -0.4 is 9.64 Å². The van der Waals surface area contributed by atoms with Crippen molar-refractivity contribution >= 4 is 45.8 Å². The number of anilines is 1. The van der Waals surface area contributed by atoms with Crippen molar-refractivity contribution in [3.05, 3.63) is 82.1 Å². The number of hydrogen-bond donors (Lipinski definition) is 2. The van der Waals surface area contributed by atoms with Crippen molar-refractivity contribution < 1.29 is 19.4 Å². The number of rotatable bonds is 5. The highest BCUT2D eigenvalue weighted by Gasteiger charge is 2.48. The molecule has 0 radical (unpaired) electrons. The molecule has 1 saturated heterocycles. The second-order valence-electron chi connectivity index (χ2n) is 7.95. The number of thiophene rings is 1. The van der Waals surface area contributed by atoms with Gasteiger partial charge in [0.1, 0.15) is 17.6 Å². The number of imidazole rings is 1. The molecule has 1 unspecified atom stereocenters. The van der Waals surface area contributed by atoms with Crippen molar-refractivity contribution in [1.29, 1.82) is 0 Å². The van der Waals surface area contributed by atoms with Crippen LogP contribution in [-0.4, -0.2) is 32.9 Å². The molecule has 5 rings (SSSR count). The summed E-state index contributed by atoms with van der Waals surface area (Å²) in [6, 6.07) is 17.1. The molecule has 0 saturated carbocycles. The first kappa shape index (κ1) is 21.0. The quantitative estimate of drug-likeness (QED) is 0.248. The normalized spacial score (nSPS) is 17.9. The number of nitrogens with zero attached hydrogens (tertiary/aromatic N) is 2. The number of fused-ring (bicyclic) bond motifs is 1. The van der Waals surface area contributed by atoms with Crippen LogP contribution in [-0.2, 0) is 9.59 Å². The van der Waals surface area contributed by atoms with Crippen LogP contribution in [0.2, 0.25) is 0 Å². The molecule has 0 bridgehead atoms. The van der Waals surface area contributed by atoms with Crippen molar-refractivity contribution in [2.75, 3.05) is 4.90 Å². The molecule has 4 aromatic rings. The lowest BCUT2D eigenvalue weighted by molar-refractivity contribution is -0.132. The van der Waals surface area contributed by atoms with Crippen LogP contribution in [0.1, 0.15) is 30.3 Å². The molecule has 166 valence electrons. The number of Topliss-reactive ketones (excluding diaryl/α,β-unsaturated/α-hetero) is 1. The summed E-state index contributed by atoms with van der Waals surface area (Å²) >= 11 is 1.40. The summed E-state index contributed by atoms with van der Waals surface area (Å²) < 4.78 is 5.66. The largest absolute Gasteiger partial charge is 0.507 e. The number of aliphatic hydroxyl groups excluding tert-OH is 1. The van der Waals surface area contributed by atoms with E-state index in [-0.39, 0.29) is 23.4 Å². The summed E-state index contributed by atoms with van der Waals surface area (Å²) in [4.78, 5) is 36.1. The van der Waals surface area contributed by atoms with E-state index in [4.69, 9.17) is 4.74 Å². The number of aromatic amines is 1. The lowest BCUT2D eigenvalue weighted by atomic mass is 10.00. The van der Waals surface area contributed by atoms with Crippen molar-refractivity contribution in [3.63, 3.8) is 0 Å². The molecule has 0 aliphatic carbocycles. The number of ether oxygens (including phenoxy) is 1. The van der Waals surface area contributed by atoms with Gasteiger partial charge in [0.05, 0.1) is 22.7 Å². The van der Waals surface area contributed by atoms with Crippen LogP contribution in [0.15, 0.2) is 71.6 Å². The second kappa shape index (κ2) is 8.22. The summed E-state index contributed by atoms with van der Waals surface area (Å²) in [5.41, 5.74) is 1.89. The molecule has 8 heteroatoms. The van der Waals surface area contributed by atoms with E-state index < -0.39 is 17.7 Å². The lowest BCUT2D eigenvalue weighted by Gasteiger charge is -2.21. The number of carbonyl (C=O) groups excluding carboxylic acids is 2. The fraction of sp³-hybridized carbons (Fsp3) is 0.160. The number of carbonyl (C=O) groups is 2. The Morgan fingerprint density at radius 2 is 1.85 bits per heavy atom. The first-order valence-corrected chi connectivity index (χ1v) is 11.4. The van der Waals surface area contributed by atoms with Gasteiger partial charge in [0.2, 0.25) is 5.95 Å². The number of aliphatic hydroxyl groups is 1. The summed E-state index contributed by atoms with van der Waals surface area (Å²) in [5, 5.41) is 13.0. The summed E-state index contributed by atoms with van der Waals surface area (Å²) in [5.74, 6) is -0.820. The first-order chi connectivity index (χ1) is 15.9. The number of amides is 1. The number of nitrogens with one attached hydrogen (secondary N) is 1. The second-order valence-corrected chi connectivity index (χ2v) is 8.93. The van der Waals surface area contributed by atoms with Gasteiger partial charge in [-0.05, 0) is 61.7 Å². The third kappa shape index (κ3) is 3.68. The van der Waals surface area contributed by atoms with Crippen LogP contribution in [0.5, 0.6) is 5.75 Å². The number of benzene rings is 2.